The van der Waals surface area contributed by atoms with Gasteiger partial charge in [0.05, 0.1) is 10.6 Å². The molecule has 0 aliphatic heterocycles. The number of carbonyl (C=O) groups excluding carboxylic acids is 1. The summed E-state index contributed by atoms with van der Waals surface area (Å²) in [6, 6.07) is 23.2. The lowest BCUT2D eigenvalue weighted by Gasteiger charge is -2.07. The highest BCUT2D eigenvalue weighted by atomic mass is 32.1. The molecular formula is C20H16N6OS. The number of hydrogen-bond acceptors (Lipinski definition) is 6. The van der Waals surface area contributed by atoms with Crippen molar-refractivity contribution >= 4 is 23.0 Å². The molecule has 0 atom stereocenters. The fraction of sp³-hybridized carbons (Fsp3) is 0.0500. The molecule has 0 aliphatic carbocycles. The predicted molar refractivity (Wildman–Crippen MR) is 108 cm³/mol. The van der Waals surface area contributed by atoms with Crippen LogP contribution in [-0.2, 0) is 11.3 Å². The van der Waals surface area contributed by atoms with Gasteiger partial charge < -0.3 is 0 Å². The summed E-state index contributed by atoms with van der Waals surface area (Å²) in [5, 5.41) is 18.4. The number of rotatable bonds is 6. The van der Waals surface area contributed by atoms with Gasteiger partial charge >= 0.3 is 0 Å². The third-order valence-corrected chi connectivity index (χ3v) is 4.73. The average Bonchev–Trinajstić information content (AvgIpc) is 3.42. The Kier molecular flexibility index (Phi) is 5.30. The second-order valence-electron chi connectivity index (χ2n) is 5.85. The van der Waals surface area contributed by atoms with Gasteiger partial charge in [0.2, 0.25) is 5.82 Å². The fourth-order valence-corrected chi connectivity index (χ4v) is 3.23. The number of thiophene rings is 1. The highest BCUT2D eigenvalue weighted by molar-refractivity contribution is 7.13. The molecule has 4 rings (SSSR count). The van der Waals surface area contributed by atoms with E-state index in [4.69, 9.17) is 0 Å². The highest BCUT2D eigenvalue weighted by Crippen LogP contribution is 2.19. The summed E-state index contributed by atoms with van der Waals surface area (Å²) in [5.74, 6) is 0.167. The first kappa shape index (κ1) is 17.7. The largest absolute Gasteiger partial charge is 0.271 e. The number of nitrogens with one attached hydrogen (secondary N) is 1. The van der Waals surface area contributed by atoms with Crippen molar-refractivity contribution < 1.29 is 4.79 Å². The minimum atomic E-state index is -0.334. The van der Waals surface area contributed by atoms with Crippen molar-refractivity contribution in [2.45, 2.75) is 6.54 Å². The van der Waals surface area contributed by atoms with E-state index in [1.165, 1.54) is 16.1 Å². The van der Waals surface area contributed by atoms with Gasteiger partial charge in [-0.25, -0.2) is 5.43 Å². The summed E-state index contributed by atoms with van der Waals surface area (Å²) in [6.07, 6.45) is 0. The Morgan fingerprint density at radius 3 is 2.25 bits per heavy atom. The Hall–Kier alpha value is -3.65. The van der Waals surface area contributed by atoms with E-state index < -0.39 is 0 Å². The summed E-state index contributed by atoms with van der Waals surface area (Å²) in [4.78, 5) is 14.5. The number of hydrogen-bond donors (Lipinski definition) is 1. The van der Waals surface area contributed by atoms with Crippen LogP contribution in [-0.4, -0.2) is 31.8 Å². The molecule has 1 N–H and O–H groups in total. The van der Waals surface area contributed by atoms with E-state index in [2.05, 4.69) is 25.9 Å². The van der Waals surface area contributed by atoms with E-state index in [1.54, 1.807) is 0 Å². The molecular weight excluding hydrogens is 372 g/mol. The van der Waals surface area contributed by atoms with Gasteiger partial charge in [-0.15, -0.1) is 21.5 Å². The number of nitrogens with zero attached hydrogens (tertiary/aromatic N) is 5. The van der Waals surface area contributed by atoms with Crippen LogP contribution in [0.15, 0.2) is 83.3 Å². The first-order valence-corrected chi connectivity index (χ1v) is 9.46. The van der Waals surface area contributed by atoms with Gasteiger partial charge in [-0.1, -0.05) is 66.7 Å². The third-order valence-electron chi connectivity index (χ3n) is 3.87. The quantitative estimate of drug-likeness (QED) is 0.406. The zero-order valence-corrected chi connectivity index (χ0v) is 15.6. The first-order chi connectivity index (χ1) is 13.8. The van der Waals surface area contributed by atoms with E-state index in [1.807, 2.05) is 78.2 Å². The molecule has 1 amide bonds. The molecule has 0 radical (unpaired) electrons. The predicted octanol–water partition coefficient (Wildman–Crippen LogP) is 2.97. The van der Waals surface area contributed by atoms with E-state index in [9.17, 15) is 4.79 Å². The van der Waals surface area contributed by atoms with Crippen LogP contribution in [0.5, 0.6) is 0 Å². The Balaban J connectivity index is 1.50. The third kappa shape index (κ3) is 4.18. The summed E-state index contributed by atoms with van der Waals surface area (Å²) in [7, 11) is 0. The normalized spacial score (nSPS) is 10.4. The lowest BCUT2D eigenvalue weighted by molar-refractivity contribution is -0.122. The fourth-order valence-electron chi connectivity index (χ4n) is 2.58. The van der Waals surface area contributed by atoms with Crippen LogP contribution in [0.25, 0.3) is 10.7 Å². The van der Waals surface area contributed by atoms with Crippen molar-refractivity contribution in [3.8, 4) is 10.7 Å². The molecule has 28 heavy (non-hydrogen) atoms. The standard InChI is InChI=1S/C20H16N6OS/c27-18(14-26-24-20(23-25-26)17-12-7-13-28-17)21-22-19(15-8-3-1-4-9-15)16-10-5-2-6-11-16/h1-13H,14H2,(H,21,27). The number of benzene rings is 2. The van der Waals surface area contributed by atoms with Gasteiger partial charge in [0.25, 0.3) is 5.91 Å². The van der Waals surface area contributed by atoms with Crippen molar-refractivity contribution in [1.29, 1.82) is 0 Å². The van der Waals surface area contributed by atoms with E-state index >= 15 is 0 Å². The van der Waals surface area contributed by atoms with Crippen molar-refractivity contribution in [3.63, 3.8) is 0 Å². The maximum atomic E-state index is 12.3. The summed E-state index contributed by atoms with van der Waals surface area (Å²) >= 11 is 1.52. The molecule has 0 bridgehead atoms. The van der Waals surface area contributed by atoms with Gasteiger partial charge in [-0.2, -0.15) is 9.90 Å². The Morgan fingerprint density at radius 2 is 1.64 bits per heavy atom. The van der Waals surface area contributed by atoms with Crippen LogP contribution in [0.4, 0.5) is 0 Å². The number of carbonyl (C=O) groups is 1. The number of aromatic nitrogens is 4. The molecule has 138 valence electrons. The number of hydrazone groups is 1. The zero-order valence-electron chi connectivity index (χ0n) is 14.8. The van der Waals surface area contributed by atoms with Crippen LogP contribution in [0.2, 0.25) is 0 Å². The van der Waals surface area contributed by atoms with E-state index in [0.29, 0.717) is 11.5 Å². The summed E-state index contributed by atoms with van der Waals surface area (Å²) < 4.78 is 0. The minimum Gasteiger partial charge on any atom is -0.271 e. The monoisotopic (exact) mass is 388 g/mol. The maximum absolute atomic E-state index is 12.3. The van der Waals surface area contributed by atoms with Gasteiger partial charge in [-0.05, 0) is 16.7 Å². The maximum Gasteiger partial charge on any atom is 0.263 e. The van der Waals surface area contributed by atoms with Gasteiger partial charge in [0, 0.05) is 11.1 Å². The van der Waals surface area contributed by atoms with Crippen LogP contribution >= 0.6 is 11.3 Å². The minimum absolute atomic E-state index is 0.0707. The SMILES string of the molecule is O=C(Cn1nnc(-c2cccs2)n1)NN=C(c1ccccc1)c1ccccc1. The van der Waals surface area contributed by atoms with Crippen molar-refractivity contribution in [2.75, 3.05) is 0 Å². The molecule has 4 aromatic rings. The van der Waals surface area contributed by atoms with E-state index in [-0.39, 0.29) is 12.5 Å². The van der Waals surface area contributed by atoms with Gasteiger partial charge in [0.15, 0.2) is 0 Å². The average molecular weight is 388 g/mol. The lowest BCUT2D eigenvalue weighted by atomic mass is 10.0. The second-order valence-corrected chi connectivity index (χ2v) is 6.80. The highest BCUT2D eigenvalue weighted by Gasteiger charge is 2.11. The number of amides is 1. The lowest BCUT2D eigenvalue weighted by Crippen LogP contribution is -2.26. The first-order valence-electron chi connectivity index (χ1n) is 8.58. The Labute approximate surface area is 165 Å². The van der Waals surface area contributed by atoms with Crippen molar-refractivity contribution in [1.82, 2.24) is 25.6 Å². The molecule has 0 fully saturated rings. The smallest absolute Gasteiger partial charge is 0.263 e. The molecule has 0 saturated carbocycles. The zero-order chi connectivity index (χ0) is 19.2. The topological polar surface area (TPSA) is 85.1 Å². The van der Waals surface area contributed by atoms with Crippen LogP contribution < -0.4 is 5.43 Å². The molecule has 8 heteroatoms. The van der Waals surface area contributed by atoms with Gasteiger partial charge in [0.1, 0.15) is 6.54 Å². The summed E-state index contributed by atoms with van der Waals surface area (Å²) in [6.45, 7) is -0.0707. The van der Waals surface area contributed by atoms with Gasteiger partial charge in [-0.3, -0.25) is 4.79 Å². The Bertz CT molecular complexity index is 1030. The molecule has 2 aromatic carbocycles. The van der Waals surface area contributed by atoms with Crippen LogP contribution in [0, 0.1) is 0 Å². The molecule has 2 heterocycles. The molecule has 7 nitrogen and oxygen atoms in total. The van der Waals surface area contributed by atoms with Crippen LogP contribution in [0.3, 0.4) is 0 Å². The van der Waals surface area contributed by atoms with Crippen molar-refractivity contribution in [2.24, 2.45) is 5.10 Å². The second kappa shape index (κ2) is 8.36. The summed E-state index contributed by atoms with van der Waals surface area (Å²) in [5.41, 5.74) is 5.10. The van der Waals surface area contributed by atoms with Crippen LogP contribution in [0.1, 0.15) is 11.1 Å². The number of tetrazole rings is 1. The molecule has 0 spiro atoms. The molecule has 0 unspecified atom stereocenters. The molecule has 0 saturated heterocycles. The molecule has 2 aromatic heterocycles. The van der Waals surface area contributed by atoms with E-state index in [0.717, 1.165) is 16.0 Å². The molecule has 0 aliphatic rings. The Morgan fingerprint density at radius 1 is 0.964 bits per heavy atom. The van der Waals surface area contributed by atoms with Crippen molar-refractivity contribution in [3.05, 3.63) is 89.3 Å².